The zero-order valence-electron chi connectivity index (χ0n) is 10.1. The molecule has 6 nitrogen and oxygen atoms in total. The summed E-state index contributed by atoms with van der Waals surface area (Å²) in [4.78, 5) is 35.4. The van der Waals surface area contributed by atoms with Gasteiger partial charge in [-0.1, -0.05) is 22.0 Å². The van der Waals surface area contributed by atoms with Gasteiger partial charge in [0.15, 0.2) is 0 Å². The van der Waals surface area contributed by atoms with Crippen molar-refractivity contribution >= 4 is 33.8 Å². The Morgan fingerprint density at radius 1 is 1.47 bits per heavy atom. The molecule has 0 spiro atoms. The van der Waals surface area contributed by atoms with E-state index >= 15 is 0 Å². The van der Waals surface area contributed by atoms with E-state index in [2.05, 4.69) is 26.0 Å². The van der Waals surface area contributed by atoms with Gasteiger partial charge in [0, 0.05) is 4.47 Å². The minimum Gasteiger partial charge on any atom is -0.465 e. The first-order valence-corrected chi connectivity index (χ1v) is 6.27. The molecule has 2 rings (SSSR count). The normalized spacial score (nSPS) is 14.5. The lowest BCUT2D eigenvalue weighted by Crippen LogP contribution is -2.30. The fraction of sp³-hybridized carbons (Fsp3) is 0.250. The van der Waals surface area contributed by atoms with Crippen molar-refractivity contribution in [2.75, 3.05) is 13.7 Å². The van der Waals surface area contributed by atoms with Gasteiger partial charge in [-0.15, -0.1) is 0 Å². The Morgan fingerprint density at radius 3 is 2.74 bits per heavy atom. The smallest absolute Gasteiger partial charge is 0.337 e. The average molecular weight is 327 g/mol. The second kappa shape index (κ2) is 5.40. The number of hydrogen-bond donors (Lipinski definition) is 1. The fourth-order valence-electron chi connectivity index (χ4n) is 1.71. The van der Waals surface area contributed by atoms with Crippen molar-refractivity contribution in [3.05, 3.63) is 33.8 Å². The molecule has 0 atom stereocenters. The Kier molecular flexibility index (Phi) is 3.84. The molecule has 1 aromatic rings. The Hall–Kier alpha value is -1.89. The van der Waals surface area contributed by atoms with Gasteiger partial charge in [-0.2, -0.15) is 0 Å². The van der Waals surface area contributed by atoms with E-state index in [1.54, 1.807) is 18.2 Å². The van der Waals surface area contributed by atoms with Crippen molar-refractivity contribution in [2.45, 2.75) is 6.54 Å². The van der Waals surface area contributed by atoms with Crippen LogP contribution in [0, 0.1) is 0 Å². The van der Waals surface area contributed by atoms with Crippen LogP contribution in [0.3, 0.4) is 0 Å². The van der Waals surface area contributed by atoms with E-state index in [4.69, 9.17) is 0 Å². The quantitative estimate of drug-likeness (QED) is 0.670. The second-order valence-corrected chi connectivity index (χ2v) is 4.79. The number of esters is 1. The Balaban J connectivity index is 2.20. The average Bonchev–Trinajstić information content (AvgIpc) is 2.71. The summed E-state index contributed by atoms with van der Waals surface area (Å²) in [5.74, 6) is -0.712. The number of carbonyl (C=O) groups is 3. The van der Waals surface area contributed by atoms with Crippen molar-refractivity contribution in [1.82, 2.24) is 10.2 Å². The lowest BCUT2D eigenvalue weighted by molar-refractivity contribution is -0.125. The summed E-state index contributed by atoms with van der Waals surface area (Å²) in [7, 11) is 1.30. The molecule has 1 aliphatic rings. The third kappa shape index (κ3) is 2.76. The van der Waals surface area contributed by atoms with Crippen molar-refractivity contribution in [2.24, 2.45) is 0 Å². The largest absolute Gasteiger partial charge is 0.465 e. The van der Waals surface area contributed by atoms with Crippen LogP contribution in [-0.2, 0) is 16.1 Å². The van der Waals surface area contributed by atoms with Crippen molar-refractivity contribution in [3.63, 3.8) is 0 Å². The lowest BCUT2D eigenvalue weighted by Gasteiger charge is -2.14. The van der Waals surface area contributed by atoms with Crippen molar-refractivity contribution in [1.29, 1.82) is 0 Å². The molecule has 0 radical (unpaired) electrons. The van der Waals surface area contributed by atoms with E-state index in [-0.39, 0.29) is 19.0 Å². The highest BCUT2D eigenvalue weighted by atomic mass is 79.9. The Bertz CT molecular complexity index is 543. The van der Waals surface area contributed by atoms with Gasteiger partial charge in [0.2, 0.25) is 5.91 Å². The van der Waals surface area contributed by atoms with Gasteiger partial charge in [-0.05, 0) is 17.7 Å². The molecule has 3 amide bonds. The second-order valence-electron chi connectivity index (χ2n) is 3.94. The minimum atomic E-state index is -0.442. The summed E-state index contributed by atoms with van der Waals surface area (Å²) in [5.41, 5.74) is 1.13. The van der Waals surface area contributed by atoms with Crippen LogP contribution in [-0.4, -0.2) is 36.5 Å². The van der Waals surface area contributed by atoms with Crippen LogP contribution in [0.2, 0.25) is 0 Å². The van der Waals surface area contributed by atoms with Crippen LogP contribution < -0.4 is 5.32 Å². The molecule has 1 heterocycles. The number of amides is 3. The van der Waals surface area contributed by atoms with Crippen LogP contribution in [0.5, 0.6) is 0 Å². The molecular formula is C12H11BrN2O4. The molecule has 7 heteroatoms. The molecule has 1 aliphatic heterocycles. The molecule has 1 N–H and O–H groups in total. The molecule has 1 fully saturated rings. The summed E-state index contributed by atoms with van der Waals surface area (Å²) in [6.07, 6.45) is 0. The molecule has 19 heavy (non-hydrogen) atoms. The maximum atomic E-state index is 11.5. The molecule has 0 aliphatic carbocycles. The maximum Gasteiger partial charge on any atom is 0.337 e. The van der Waals surface area contributed by atoms with Gasteiger partial charge >= 0.3 is 12.0 Å². The first kappa shape index (κ1) is 13.5. The molecular weight excluding hydrogens is 316 g/mol. The van der Waals surface area contributed by atoms with Gasteiger partial charge < -0.3 is 10.1 Å². The first-order chi connectivity index (χ1) is 9.02. The highest BCUT2D eigenvalue weighted by Gasteiger charge is 2.28. The SMILES string of the molecule is COC(=O)c1ccc(CN2C(=O)CNC2=O)c(Br)c1. The number of hydrogen-bond acceptors (Lipinski definition) is 4. The van der Waals surface area contributed by atoms with Gasteiger partial charge in [0.25, 0.3) is 0 Å². The number of ether oxygens (including phenoxy) is 1. The third-order valence-electron chi connectivity index (χ3n) is 2.74. The highest BCUT2D eigenvalue weighted by molar-refractivity contribution is 9.10. The number of nitrogens with zero attached hydrogens (tertiary/aromatic N) is 1. The van der Waals surface area contributed by atoms with Gasteiger partial charge in [0.05, 0.1) is 25.8 Å². The molecule has 1 aromatic carbocycles. The number of urea groups is 1. The van der Waals surface area contributed by atoms with Crippen LogP contribution in [0.15, 0.2) is 22.7 Å². The summed E-state index contributed by atoms with van der Waals surface area (Å²) in [6.45, 7) is 0.184. The van der Waals surface area contributed by atoms with Gasteiger partial charge in [-0.25, -0.2) is 9.59 Å². The van der Waals surface area contributed by atoms with Crippen LogP contribution in [0.25, 0.3) is 0 Å². The minimum absolute atomic E-state index is 0.0245. The molecule has 0 bridgehead atoms. The van der Waals surface area contributed by atoms with E-state index in [0.29, 0.717) is 10.0 Å². The van der Waals surface area contributed by atoms with Crippen LogP contribution >= 0.6 is 15.9 Å². The van der Waals surface area contributed by atoms with Crippen LogP contribution in [0.4, 0.5) is 4.79 Å². The topological polar surface area (TPSA) is 75.7 Å². The molecule has 100 valence electrons. The molecule has 0 unspecified atom stereocenters. The number of benzene rings is 1. The van der Waals surface area contributed by atoms with Crippen molar-refractivity contribution in [3.8, 4) is 0 Å². The van der Waals surface area contributed by atoms with E-state index in [1.165, 1.54) is 7.11 Å². The number of halogens is 1. The number of carbonyl (C=O) groups excluding carboxylic acids is 3. The number of rotatable bonds is 3. The van der Waals surface area contributed by atoms with Crippen LogP contribution in [0.1, 0.15) is 15.9 Å². The Labute approximate surface area is 117 Å². The van der Waals surface area contributed by atoms with Crippen molar-refractivity contribution < 1.29 is 19.1 Å². The monoisotopic (exact) mass is 326 g/mol. The summed E-state index contributed by atoms with van der Waals surface area (Å²) in [5, 5.41) is 2.45. The van der Waals surface area contributed by atoms with E-state index in [0.717, 1.165) is 10.5 Å². The van der Waals surface area contributed by atoms with Gasteiger partial charge in [0.1, 0.15) is 0 Å². The third-order valence-corrected chi connectivity index (χ3v) is 3.48. The Morgan fingerprint density at radius 2 is 2.21 bits per heavy atom. The molecule has 0 saturated carbocycles. The predicted octanol–water partition coefficient (Wildman–Crippen LogP) is 1.29. The predicted molar refractivity (Wildman–Crippen MR) is 69.4 cm³/mol. The maximum absolute atomic E-state index is 11.5. The van der Waals surface area contributed by atoms with Gasteiger partial charge in [-0.3, -0.25) is 9.69 Å². The zero-order valence-corrected chi connectivity index (χ0v) is 11.7. The first-order valence-electron chi connectivity index (χ1n) is 5.48. The number of methoxy groups -OCH3 is 1. The molecule has 0 aromatic heterocycles. The van der Waals surface area contributed by atoms with E-state index < -0.39 is 12.0 Å². The number of imide groups is 1. The van der Waals surface area contributed by atoms with E-state index in [9.17, 15) is 14.4 Å². The highest BCUT2D eigenvalue weighted by Crippen LogP contribution is 2.21. The molecule has 1 saturated heterocycles. The summed E-state index contributed by atoms with van der Waals surface area (Å²) < 4.78 is 5.25. The standard InChI is InChI=1S/C12H11BrN2O4/c1-19-11(17)7-2-3-8(9(13)4-7)6-15-10(16)5-14-12(15)18/h2-4H,5-6H2,1H3,(H,14,18). The lowest BCUT2D eigenvalue weighted by atomic mass is 10.1. The fourth-order valence-corrected chi connectivity index (χ4v) is 2.21. The van der Waals surface area contributed by atoms with E-state index in [1.807, 2.05) is 0 Å². The number of nitrogens with one attached hydrogen (secondary N) is 1. The summed E-state index contributed by atoms with van der Waals surface area (Å²) >= 11 is 3.31. The zero-order chi connectivity index (χ0) is 14.0. The summed E-state index contributed by atoms with van der Waals surface area (Å²) in [6, 6.07) is 4.45.